The molecule has 2 aromatic rings. The SMILES string of the molecule is O=C(O)c1ccsc1-c1ccsc1. The number of hydrogen-bond donors (Lipinski definition) is 1. The lowest BCUT2D eigenvalue weighted by Gasteiger charge is -1.94. The summed E-state index contributed by atoms with van der Waals surface area (Å²) in [6, 6.07) is 3.57. The summed E-state index contributed by atoms with van der Waals surface area (Å²) in [6.07, 6.45) is 0. The van der Waals surface area contributed by atoms with Crippen LogP contribution < -0.4 is 0 Å². The first-order valence-corrected chi connectivity index (χ1v) is 5.44. The molecule has 0 saturated carbocycles. The second-order valence-corrected chi connectivity index (χ2v) is 4.18. The van der Waals surface area contributed by atoms with Gasteiger partial charge in [-0.15, -0.1) is 11.3 Å². The molecule has 0 unspecified atom stereocenters. The predicted molar refractivity (Wildman–Crippen MR) is 54.6 cm³/mol. The number of thiophene rings is 2. The van der Waals surface area contributed by atoms with Gasteiger partial charge in [0.15, 0.2) is 0 Å². The predicted octanol–water partition coefficient (Wildman–Crippen LogP) is 3.17. The molecule has 0 aliphatic heterocycles. The van der Waals surface area contributed by atoms with Crippen molar-refractivity contribution in [2.75, 3.05) is 0 Å². The van der Waals surface area contributed by atoms with E-state index in [0.717, 1.165) is 10.4 Å². The normalized spacial score (nSPS) is 10.2. The van der Waals surface area contributed by atoms with Crippen LogP contribution in [0, 0.1) is 0 Å². The molecule has 4 heteroatoms. The molecule has 0 bridgehead atoms. The zero-order valence-corrected chi connectivity index (χ0v) is 8.19. The Morgan fingerprint density at radius 3 is 2.77 bits per heavy atom. The Morgan fingerprint density at radius 2 is 2.15 bits per heavy atom. The van der Waals surface area contributed by atoms with E-state index >= 15 is 0 Å². The van der Waals surface area contributed by atoms with Crippen LogP contribution in [-0.2, 0) is 0 Å². The number of carboxylic acids is 1. The number of rotatable bonds is 2. The molecule has 0 saturated heterocycles. The number of hydrogen-bond acceptors (Lipinski definition) is 3. The summed E-state index contributed by atoms with van der Waals surface area (Å²) in [4.78, 5) is 11.6. The number of carboxylic acid groups (broad SMARTS) is 1. The largest absolute Gasteiger partial charge is 0.478 e. The number of carbonyl (C=O) groups is 1. The molecule has 1 N–H and O–H groups in total. The fourth-order valence-electron chi connectivity index (χ4n) is 1.09. The lowest BCUT2D eigenvalue weighted by Crippen LogP contribution is -1.94. The van der Waals surface area contributed by atoms with Crippen molar-refractivity contribution in [3.8, 4) is 10.4 Å². The van der Waals surface area contributed by atoms with Gasteiger partial charge in [0.2, 0.25) is 0 Å². The lowest BCUT2D eigenvalue weighted by molar-refractivity contribution is 0.0698. The van der Waals surface area contributed by atoms with E-state index < -0.39 is 5.97 Å². The maximum Gasteiger partial charge on any atom is 0.337 e. The van der Waals surface area contributed by atoms with Gasteiger partial charge in [-0.2, -0.15) is 11.3 Å². The minimum Gasteiger partial charge on any atom is -0.478 e. The van der Waals surface area contributed by atoms with Crippen molar-refractivity contribution in [2.45, 2.75) is 0 Å². The third kappa shape index (κ3) is 1.50. The highest BCUT2D eigenvalue weighted by Crippen LogP contribution is 2.30. The van der Waals surface area contributed by atoms with E-state index in [1.54, 1.807) is 22.8 Å². The summed E-state index contributed by atoms with van der Waals surface area (Å²) >= 11 is 3.03. The molecule has 0 fully saturated rings. The van der Waals surface area contributed by atoms with Gasteiger partial charge in [-0.1, -0.05) is 0 Å². The average molecular weight is 210 g/mol. The van der Waals surface area contributed by atoms with Crippen LogP contribution in [-0.4, -0.2) is 11.1 Å². The average Bonchev–Trinajstić information content (AvgIpc) is 2.74. The van der Waals surface area contributed by atoms with E-state index in [1.165, 1.54) is 11.3 Å². The highest BCUT2D eigenvalue weighted by molar-refractivity contribution is 7.14. The summed E-state index contributed by atoms with van der Waals surface area (Å²) in [5.41, 5.74) is 1.39. The van der Waals surface area contributed by atoms with E-state index in [0.29, 0.717) is 5.56 Å². The molecule has 0 aliphatic carbocycles. The van der Waals surface area contributed by atoms with Gasteiger partial charge in [-0.05, 0) is 28.3 Å². The summed E-state index contributed by atoms with van der Waals surface area (Å²) in [5, 5.41) is 14.6. The van der Waals surface area contributed by atoms with Gasteiger partial charge in [0.1, 0.15) is 0 Å². The van der Waals surface area contributed by atoms with Gasteiger partial charge < -0.3 is 5.11 Å². The topological polar surface area (TPSA) is 37.3 Å². The van der Waals surface area contributed by atoms with Gasteiger partial charge in [0, 0.05) is 10.4 Å². The highest BCUT2D eigenvalue weighted by atomic mass is 32.1. The third-order valence-electron chi connectivity index (χ3n) is 1.68. The first-order chi connectivity index (χ1) is 6.29. The van der Waals surface area contributed by atoms with Crippen LogP contribution in [0.15, 0.2) is 28.3 Å². The summed E-state index contributed by atoms with van der Waals surface area (Å²) in [6.45, 7) is 0. The fraction of sp³-hybridized carbons (Fsp3) is 0. The number of aromatic carboxylic acids is 1. The second-order valence-electron chi connectivity index (χ2n) is 2.48. The van der Waals surface area contributed by atoms with Crippen LogP contribution in [0.4, 0.5) is 0 Å². The van der Waals surface area contributed by atoms with E-state index in [1.807, 2.05) is 16.8 Å². The summed E-state index contributed by atoms with van der Waals surface area (Å²) < 4.78 is 0. The Morgan fingerprint density at radius 1 is 1.31 bits per heavy atom. The van der Waals surface area contributed by atoms with Gasteiger partial charge in [-0.25, -0.2) is 4.79 Å². The maximum atomic E-state index is 10.8. The lowest BCUT2D eigenvalue weighted by atomic mass is 10.2. The van der Waals surface area contributed by atoms with E-state index in [2.05, 4.69) is 0 Å². The van der Waals surface area contributed by atoms with E-state index in [-0.39, 0.29) is 0 Å². The molecule has 0 aromatic carbocycles. The molecule has 0 aliphatic rings. The van der Waals surface area contributed by atoms with Crippen molar-refractivity contribution in [2.24, 2.45) is 0 Å². The van der Waals surface area contributed by atoms with Gasteiger partial charge >= 0.3 is 5.97 Å². The fourth-order valence-corrected chi connectivity index (χ4v) is 2.70. The van der Waals surface area contributed by atoms with Gasteiger partial charge in [0.25, 0.3) is 0 Å². The van der Waals surface area contributed by atoms with Crippen molar-refractivity contribution in [1.29, 1.82) is 0 Å². The standard InChI is InChI=1S/C9H6O2S2/c10-9(11)7-2-4-13-8(7)6-1-3-12-5-6/h1-5H,(H,10,11). The minimum absolute atomic E-state index is 0.392. The highest BCUT2D eigenvalue weighted by Gasteiger charge is 2.12. The molecule has 66 valence electrons. The van der Waals surface area contributed by atoms with Crippen molar-refractivity contribution < 1.29 is 9.90 Å². The first-order valence-electron chi connectivity index (χ1n) is 3.62. The zero-order valence-electron chi connectivity index (χ0n) is 6.56. The maximum absolute atomic E-state index is 10.8. The second kappa shape index (κ2) is 3.32. The Balaban J connectivity index is 2.52. The Bertz CT molecular complexity index is 415. The molecular formula is C9H6O2S2. The smallest absolute Gasteiger partial charge is 0.337 e. The van der Waals surface area contributed by atoms with Crippen LogP contribution >= 0.6 is 22.7 Å². The van der Waals surface area contributed by atoms with Crippen LogP contribution in [0.2, 0.25) is 0 Å². The van der Waals surface area contributed by atoms with Crippen molar-refractivity contribution in [3.63, 3.8) is 0 Å². The van der Waals surface area contributed by atoms with Gasteiger partial charge in [0.05, 0.1) is 5.56 Å². The first kappa shape index (κ1) is 8.47. The van der Waals surface area contributed by atoms with Crippen LogP contribution in [0.3, 0.4) is 0 Å². The molecule has 0 radical (unpaired) electrons. The van der Waals surface area contributed by atoms with E-state index in [9.17, 15) is 4.79 Å². The van der Waals surface area contributed by atoms with Crippen LogP contribution in [0.25, 0.3) is 10.4 Å². The molecule has 0 spiro atoms. The third-order valence-corrected chi connectivity index (χ3v) is 3.33. The summed E-state index contributed by atoms with van der Waals surface area (Å²) in [7, 11) is 0. The van der Waals surface area contributed by atoms with Gasteiger partial charge in [-0.3, -0.25) is 0 Å². The quantitative estimate of drug-likeness (QED) is 0.826. The zero-order chi connectivity index (χ0) is 9.26. The van der Waals surface area contributed by atoms with E-state index in [4.69, 9.17) is 5.11 Å². The van der Waals surface area contributed by atoms with Crippen molar-refractivity contribution in [3.05, 3.63) is 33.8 Å². The molecule has 2 rings (SSSR count). The molecule has 0 atom stereocenters. The Kier molecular flexibility index (Phi) is 2.16. The van der Waals surface area contributed by atoms with Crippen LogP contribution in [0.1, 0.15) is 10.4 Å². The Hall–Kier alpha value is -1.13. The molecule has 2 nitrogen and oxygen atoms in total. The molecule has 2 heterocycles. The molecule has 2 aromatic heterocycles. The van der Waals surface area contributed by atoms with Crippen LogP contribution in [0.5, 0.6) is 0 Å². The van der Waals surface area contributed by atoms with Crippen molar-refractivity contribution >= 4 is 28.6 Å². The molecule has 13 heavy (non-hydrogen) atoms. The summed E-state index contributed by atoms with van der Waals surface area (Å²) in [5.74, 6) is -0.859. The molecular weight excluding hydrogens is 204 g/mol. The molecule has 0 amide bonds. The monoisotopic (exact) mass is 210 g/mol. The van der Waals surface area contributed by atoms with Crippen molar-refractivity contribution in [1.82, 2.24) is 0 Å². The Labute approximate surface area is 83.1 Å². The minimum atomic E-state index is -0.859.